The molecule has 0 saturated carbocycles. The van der Waals surface area contributed by atoms with Gasteiger partial charge in [0.2, 0.25) is 0 Å². The van der Waals surface area contributed by atoms with Crippen LogP contribution in [-0.4, -0.2) is 5.54 Å². The van der Waals surface area contributed by atoms with Crippen molar-refractivity contribution < 1.29 is 31.0 Å². The predicted octanol–water partition coefficient (Wildman–Crippen LogP) is -1.11. The molecular formula is C7H18NNa. The maximum Gasteiger partial charge on any atom is 1.00 e. The molecule has 0 aliphatic heterocycles. The predicted molar refractivity (Wildman–Crippen MR) is 38.8 cm³/mol. The van der Waals surface area contributed by atoms with Crippen LogP contribution in [0.5, 0.6) is 0 Å². The zero-order valence-electron chi connectivity index (χ0n) is 8.36. The van der Waals surface area contributed by atoms with Gasteiger partial charge in [0.1, 0.15) is 0 Å². The van der Waals surface area contributed by atoms with E-state index in [1.54, 1.807) is 0 Å². The van der Waals surface area contributed by atoms with E-state index in [0.29, 0.717) is 0 Å². The minimum Gasteiger partial charge on any atom is -1.00 e. The van der Waals surface area contributed by atoms with Crippen molar-refractivity contribution in [3.05, 3.63) is 0 Å². The standard InChI is InChI=1S/C7H17N.Na.H/c1-6(2)5-7(3,4)8;;/h6H,5,8H2,1-4H3;;/q;+1;-1. The quantitative estimate of drug-likeness (QED) is 0.482. The SMILES string of the molecule is CC(C)CC(C)(C)N.[H-].[Na+]. The summed E-state index contributed by atoms with van der Waals surface area (Å²) in [6.07, 6.45) is 1.10. The molecule has 0 aromatic rings. The molecule has 0 aromatic carbocycles. The molecule has 0 unspecified atom stereocenters. The normalized spacial score (nSPS) is 11.3. The Balaban J connectivity index is -0.000000245. The van der Waals surface area contributed by atoms with E-state index in [-0.39, 0.29) is 36.5 Å². The van der Waals surface area contributed by atoms with Gasteiger partial charge in [0.05, 0.1) is 0 Å². The molecule has 52 valence electrons. The minimum absolute atomic E-state index is 0. The summed E-state index contributed by atoms with van der Waals surface area (Å²) in [7, 11) is 0. The summed E-state index contributed by atoms with van der Waals surface area (Å²) in [6.45, 7) is 8.50. The monoisotopic (exact) mass is 139 g/mol. The van der Waals surface area contributed by atoms with E-state index in [1.165, 1.54) is 0 Å². The second kappa shape index (κ2) is 4.73. The molecule has 0 fully saturated rings. The second-order valence-corrected chi connectivity index (χ2v) is 3.59. The first-order chi connectivity index (χ1) is 3.42. The first-order valence-corrected chi connectivity index (χ1v) is 3.21. The summed E-state index contributed by atoms with van der Waals surface area (Å²) in [5.74, 6) is 0.718. The summed E-state index contributed by atoms with van der Waals surface area (Å²) >= 11 is 0. The maximum atomic E-state index is 5.74. The van der Waals surface area contributed by atoms with Crippen molar-refractivity contribution in [1.82, 2.24) is 0 Å². The van der Waals surface area contributed by atoms with Crippen molar-refractivity contribution in [2.24, 2.45) is 11.7 Å². The van der Waals surface area contributed by atoms with Gasteiger partial charge in [0.15, 0.2) is 0 Å². The third-order valence-electron chi connectivity index (χ3n) is 0.934. The van der Waals surface area contributed by atoms with Crippen LogP contribution < -0.4 is 35.3 Å². The van der Waals surface area contributed by atoms with Gasteiger partial charge < -0.3 is 7.16 Å². The Hall–Kier alpha value is 0.960. The van der Waals surface area contributed by atoms with Crippen LogP contribution in [0.1, 0.15) is 35.5 Å². The molecular weight excluding hydrogens is 121 g/mol. The molecule has 0 saturated heterocycles. The van der Waals surface area contributed by atoms with Gasteiger partial charge >= 0.3 is 29.6 Å². The summed E-state index contributed by atoms with van der Waals surface area (Å²) in [6, 6.07) is 0. The fourth-order valence-electron chi connectivity index (χ4n) is 1.05. The fraction of sp³-hybridized carbons (Fsp3) is 1.00. The van der Waals surface area contributed by atoms with Crippen molar-refractivity contribution in [2.75, 3.05) is 0 Å². The van der Waals surface area contributed by atoms with Crippen LogP contribution in [0.15, 0.2) is 0 Å². The Morgan fingerprint density at radius 3 is 1.78 bits per heavy atom. The Bertz CT molecular complexity index is 68.5. The van der Waals surface area contributed by atoms with Gasteiger partial charge in [0.25, 0.3) is 0 Å². The number of rotatable bonds is 2. The molecule has 0 bridgehead atoms. The van der Waals surface area contributed by atoms with Crippen LogP contribution in [-0.2, 0) is 0 Å². The Labute approximate surface area is 82.2 Å². The molecule has 0 rings (SSSR count). The average molecular weight is 139 g/mol. The van der Waals surface area contributed by atoms with Crippen molar-refractivity contribution in [3.8, 4) is 0 Å². The second-order valence-electron chi connectivity index (χ2n) is 3.59. The third kappa shape index (κ3) is 12.2. The van der Waals surface area contributed by atoms with Gasteiger partial charge in [-0.15, -0.1) is 0 Å². The van der Waals surface area contributed by atoms with E-state index < -0.39 is 0 Å². The Kier molecular flexibility index (Phi) is 6.63. The summed E-state index contributed by atoms with van der Waals surface area (Å²) < 4.78 is 0. The summed E-state index contributed by atoms with van der Waals surface area (Å²) in [5.41, 5.74) is 5.76. The smallest absolute Gasteiger partial charge is 1.00 e. The Morgan fingerprint density at radius 2 is 1.78 bits per heavy atom. The third-order valence-corrected chi connectivity index (χ3v) is 0.934. The molecule has 0 aliphatic carbocycles. The van der Waals surface area contributed by atoms with E-state index in [9.17, 15) is 0 Å². The van der Waals surface area contributed by atoms with Crippen LogP contribution >= 0.6 is 0 Å². The van der Waals surface area contributed by atoms with Gasteiger partial charge in [-0.25, -0.2) is 0 Å². The zero-order chi connectivity index (χ0) is 6.78. The van der Waals surface area contributed by atoms with E-state index >= 15 is 0 Å². The first kappa shape index (κ1) is 12.6. The largest absolute Gasteiger partial charge is 1.00 e. The minimum atomic E-state index is 0. The topological polar surface area (TPSA) is 26.0 Å². The van der Waals surface area contributed by atoms with Crippen LogP contribution in [0.2, 0.25) is 0 Å². The molecule has 0 atom stereocenters. The maximum absolute atomic E-state index is 5.74. The molecule has 0 spiro atoms. The molecule has 0 amide bonds. The zero-order valence-corrected chi connectivity index (χ0v) is 9.36. The number of hydrogen-bond donors (Lipinski definition) is 1. The number of hydrogen-bond acceptors (Lipinski definition) is 1. The van der Waals surface area contributed by atoms with Crippen molar-refractivity contribution in [2.45, 2.75) is 39.7 Å². The van der Waals surface area contributed by atoms with Gasteiger partial charge in [-0.05, 0) is 26.2 Å². The van der Waals surface area contributed by atoms with Gasteiger partial charge in [-0.1, -0.05) is 13.8 Å². The van der Waals surface area contributed by atoms with E-state index in [0.717, 1.165) is 12.3 Å². The average Bonchev–Trinajstić information content (AvgIpc) is 1.21. The fourth-order valence-corrected chi connectivity index (χ4v) is 1.05. The molecule has 0 radical (unpaired) electrons. The Morgan fingerprint density at radius 1 is 1.44 bits per heavy atom. The molecule has 0 aliphatic rings. The molecule has 0 heterocycles. The van der Waals surface area contributed by atoms with E-state index in [4.69, 9.17) is 5.73 Å². The molecule has 2 heteroatoms. The van der Waals surface area contributed by atoms with Gasteiger partial charge in [-0.3, -0.25) is 0 Å². The number of nitrogens with two attached hydrogens (primary N) is 1. The van der Waals surface area contributed by atoms with E-state index in [2.05, 4.69) is 27.7 Å². The van der Waals surface area contributed by atoms with Crippen LogP contribution in [0.4, 0.5) is 0 Å². The van der Waals surface area contributed by atoms with E-state index in [1.807, 2.05) is 0 Å². The van der Waals surface area contributed by atoms with Crippen molar-refractivity contribution in [1.29, 1.82) is 0 Å². The summed E-state index contributed by atoms with van der Waals surface area (Å²) in [5, 5.41) is 0. The van der Waals surface area contributed by atoms with Crippen LogP contribution in [0.3, 0.4) is 0 Å². The van der Waals surface area contributed by atoms with Crippen LogP contribution in [0.25, 0.3) is 0 Å². The van der Waals surface area contributed by atoms with Crippen molar-refractivity contribution >= 4 is 0 Å². The molecule has 0 aromatic heterocycles. The molecule has 2 N–H and O–H groups in total. The summed E-state index contributed by atoms with van der Waals surface area (Å²) in [4.78, 5) is 0. The van der Waals surface area contributed by atoms with Crippen molar-refractivity contribution in [3.63, 3.8) is 0 Å². The van der Waals surface area contributed by atoms with Gasteiger partial charge in [0, 0.05) is 5.54 Å². The molecule has 1 nitrogen and oxygen atoms in total. The first-order valence-electron chi connectivity index (χ1n) is 3.21. The van der Waals surface area contributed by atoms with Crippen LogP contribution in [0, 0.1) is 5.92 Å². The molecule has 9 heavy (non-hydrogen) atoms. The van der Waals surface area contributed by atoms with Gasteiger partial charge in [-0.2, -0.15) is 0 Å².